The van der Waals surface area contributed by atoms with E-state index in [9.17, 15) is 8.42 Å². The monoisotopic (exact) mass is 263 g/mol. The Morgan fingerprint density at radius 1 is 1.53 bits per heavy atom. The van der Waals surface area contributed by atoms with E-state index in [1.54, 1.807) is 0 Å². The average molecular weight is 263 g/mol. The summed E-state index contributed by atoms with van der Waals surface area (Å²) < 4.78 is 26.9. The molecule has 3 atom stereocenters. The van der Waals surface area contributed by atoms with Crippen molar-refractivity contribution < 1.29 is 8.42 Å². The second kappa shape index (κ2) is 6.13. The predicted octanol–water partition coefficient (Wildman–Crippen LogP) is 0.126. The molecule has 17 heavy (non-hydrogen) atoms. The number of likely N-dealkylation sites (tertiary alicyclic amines) is 1. The summed E-state index contributed by atoms with van der Waals surface area (Å²) in [7, 11) is -1.18. The molecule has 0 amide bonds. The summed E-state index contributed by atoms with van der Waals surface area (Å²) >= 11 is 0. The Balaban J connectivity index is 2.59. The van der Waals surface area contributed by atoms with E-state index in [2.05, 4.69) is 23.6 Å². The highest BCUT2D eigenvalue weighted by Crippen LogP contribution is 2.17. The number of nitrogens with two attached hydrogens (primary N) is 1. The first-order valence-corrected chi connectivity index (χ1v) is 7.86. The molecule has 0 aliphatic carbocycles. The molecule has 0 radical (unpaired) electrons. The van der Waals surface area contributed by atoms with Crippen molar-refractivity contribution in [1.82, 2.24) is 9.62 Å². The fourth-order valence-electron chi connectivity index (χ4n) is 2.24. The Hall–Kier alpha value is -0.170. The standard InChI is InChI=1S/C11H25N3O2S/c1-4-11(8-12)17(15,16)13-10-5-6-14(3)9(2)7-10/h9-11,13H,4-8,12H2,1-3H3. The molecule has 1 aliphatic rings. The number of piperidine rings is 1. The van der Waals surface area contributed by atoms with Crippen LogP contribution in [0.15, 0.2) is 0 Å². The number of nitrogens with zero attached hydrogens (tertiary/aromatic N) is 1. The van der Waals surface area contributed by atoms with Crippen LogP contribution in [-0.4, -0.2) is 50.8 Å². The molecule has 1 heterocycles. The van der Waals surface area contributed by atoms with Gasteiger partial charge in [-0.1, -0.05) is 6.92 Å². The second-order valence-electron chi connectivity index (χ2n) is 4.98. The van der Waals surface area contributed by atoms with Crippen molar-refractivity contribution >= 4 is 10.0 Å². The first-order chi connectivity index (χ1) is 7.90. The summed E-state index contributed by atoms with van der Waals surface area (Å²) in [6.07, 6.45) is 2.31. The summed E-state index contributed by atoms with van der Waals surface area (Å²) in [5.74, 6) is 0. The van der Waals surface area contributed by atoms with E-state index in [0.717, 1.165) is 19.4 Å². The van der Waals surface area contributed by atoms with Crippen LogP contribution in [0.25, 0.3) is 0 Å². The number of sulfonamides is 1. The van der Waals surface area contributed by atoms with Crippen LogP contribution in [0.1, 0.15) is 33.1 Å². The third kappa shape index (κ3) is 3.91. The van der Waals surface area contributed by atoms with E-state index < -0.39 is 15.3 Å². The summed E-state index contributed by atoms with van der Waals surface area (Å²) in [6.45, 7) is 5.11. The van der Waals surface area contributed by atoms with E-state index in [4.69, 9.17) is 5.73 Å². The van der Waals surface area contributed by atoms with Crippen LogP contribution in [0.2, 0.25) is 0 Å². The minimum absolute atomic E-state index is 0.0619. The van der Waals surface area contributed by atoms with Crippen molar-refractivity contribution in [3.63, 3.8) is 0 Å². The van der Waals surface area contributed by atoms with Gasteiger partial charge in [-0.05, 0) is 39.8 Å². The van der Waals surface area contributed by atoms with Crippen molar-refractivity contribution in [2.24, 2.45) is 5.73 Å². The molecule has 0 saturated carbocycles. The van der Waals surface area contributed by atoms with Crippen molar-refractivity contribution in [2.75, 3.05) is 20.1 Å². The topological polar surface area (TPSA) is 75.4 Å². The van der Waals surface area contributed by atoms with Gasteiger partial charge in [0.05, 0.1) is 5.25 Å². The third-order valence-electron chi connectivity index (χ3n) is 3.70. The van der Waals surface area contributed by atoms with Gasteiger partial charge in [0.1, 0.15) is 0 Å². The van der Waals surface area contributed by atoms with Gasteiger partial charge in [-0.2, -0.15) is 0 Å². The Kier molecular flexibility index (Phi) is 5.37. The third-order valence-corrected chi connectivity index (χ3v) is 5.76. The molecule has 1 aliphatic heterocycles. The van der Waals surface area contributed by atoms with Crippen molar-refractivity contribution in [2.45, 2.75) is 50.4 Å². The highest BCUT2D eigenvalue weighted by atomic mass is 32.2. The minimum atomic E-state index is -3.26. The quantitative estimate of drug-likeness (QED) is 0.739. The Bertz CT molecular complexity index is 328. The summed E-state index contributed by atoms with van der Waals surface area (Å²) in [6, 6.07) is 0.487. The normalized spacial score (nSPS) is 29.2. The maximum atomic E-state index is 12.0. The Morgan fingerprint density at radius 2 is 2.18 bits per heavy atom. The number of rotatable bonds is 5. The molecule has 1 fully saturated rings. The van der Waals surface area contributed by atoms with E-state index in [0.29, 0.717) is 12.5 Å². The van der Waals surface area contributed by atoms with Crippen LogP contribution < -0.4 is 10.5 Å². The lowest BCUT2D eigenvalue weighted by atomic mass is 10.0. The largest absolute Gasteiger partial charge is 0.329 e. The van der Waals surface area contributed by atoms with Gasteiger partial charge in [0, 0.05) is 18.6 Å². The molecule has 3 N–H and O–H groups in total. The van der Waals surface area contributed by atoms with Crippen molar-refractivity contribution in [3.05, 3.63) is 0 Å². The lowest BCUT2D eigenvalue weighted by Gasteiger charge is -2.35. The molecule has 1 rings (SSSR count). The average Bonchev–Trinajstić information content (AvgIpc) is 2.24. The minimum Gasteiger partial charge on any atom is -0.329 e. The Labute approximate surface area is 105 Å². The molecule has 0 aromatic rings. The SMILES string of the molecule is CCC(CN)S(=O)(=O)NC1CCN(C)C(C)C1. The van der Waals surface area contributed by atoms with E-state index in [1.165, 1.54) is 0 Å². The van der Waals surface area contributed by atoms with Crippen molar-refractivity contribution in [3.8, 4) is 0 Å². The van der Waals surface area contributed by atoms with E-state index >= 15 is 0 Å². The summed E-state index contributed by atoms with van der Waals surface area (Å²) in [4.78, 5) is 2.25. The fourth-order valence-corrected chi connectivity index (χ4v) is 3.80. The molecule has 5 nitrogen and oxygen atoms in total. The molecule has 6 heteroatoms. The predicted molar refractivity (Wildman–Crippen MR) is 70.3 cm³/mol. The summed E-state index contributed by atoms with van der Waals surface area (Å²) in [5.41, 5.74) is 5.50. The van der Waals surface area contributed by atoms with Crippen LogP contribution in [0.3, 0.4) is 0 Å². The van der Waals surface area contributed by atoms with Crippen LogP contribution in [0.5, 0.6) is 0 Å². The van der Waals surface area contributed by atoms with Crippen LogP contribution in [0, 0.1) is 0 Å². The first kappa shape index (κ1) is 14.9. The highest BCUT2D eigenvalue weighted by molar-refractivity contribution is 7.90. The lowest BCUT2D eigenvalue weighted by Crippen LogP contribution is -2.50. The zero-order valence-corrected chi connectivity index (χ0v) is 11.8. The molecule has 0 aromatic heterocycles. The molecule has 0 spiro atoms. The molecule has 0 aromatic carbocycles. The van der Waals surface area contributed by atoms with Gasteiger partial charge in [-0.15, -0.1) is 0 Å². The van der Waals surface area contributed by atoms with Gasteiger partial charge < -0.3 is 10.6 Å². The molecule has 3 unspecified atom stereocenters. The van der Waals surface area contributed by atoms with Crippen LogP contribution in [0.4, 0.5) is 0 Å². The zero-order chi connectivity index (χ0) is 13.1. The van der Waals surface area contributed by atoms with Crippen LogP contribution in [-0.2, 0) is 10.0 Å². The summed E-state index contributed by atoms with van der Waals surface area (Å²) in [5, 5.41) is -0.461. The van der Waals surface area contributed by atoms with Gasteiger partial charge in [0.15, 0.2) is 0 Å². The number of hydrogen-bond donors (Lipinski definition) is 2. The molecular formula is C11H25N3O2S. The maximum absolute atomic E-state index is 12.0. The van der Waals surface area contributed by atoms with Gasteiger partial charge in [-0.25, -0.2) is 13.1 Å². The highest BCUT2D eigenvalue weighted by Gasteiger charge is 2.29. The van der Waals surface area contributed by atoms with E-state index in [-0.39, 0.29) is 12.6 Å². The molecule has 1 saturated heterocycles. The van der Waals surface area contributed by atoms with E-state index in [1.807, 2.05) is 6.92 Å². The van der Waals surface area contributed by atoms with Crippen LogP contribution >= 0.6 is 0 Å². The molecule has 0 bridgehead atoms. The fraction of sp³-hybridized carbons (Fsp3) is 1.00. The maximum Gasteiger partial charge on any atom is 0.215 e. The Morgan fingerprint density at radius 3 is 2.65 bits per heavy atom. The van der Waals surface area contributed by atoms with Crippen molar-refractivity contribution in [1.29, 1.82) is 0 Å². The smallest absolute Gasteiger partial charge is 0.215 e. The second-order valence-corrected chi connectivity index (χ2v) is 6.97. The molecular weight excluding hydrogens is 238 g/mol. The number of nitrogens with one attached hydrogen (secondary N) is 1. The lowest BCUT2D eigenvalue weighted by molar-refractivity contribution is 0.178. The molecule has 102 valence electrons. The van der Waals surface area contributed by atoms with Gasteiger partial charge >= 0.3 is 0 Å². The van der Waals surface area contributed by atoms with Gasteiger partial charge in [-0.3, -0.25) is 0 Å². The van der Waals surface area contributed by atoms with Gasteiger partial charge in [0.2, 0.25) is 10.0 Å². The first-order valence-electron chi connectivity index (χ1n) is 6.32. The number of hydrogen-bond acceptors (Lipinski definition) is 4. The zero-order valence-electron chi connectivity index (χ0n) is 11.0. The van der Waals surface area contributed by atoms with Gasteiger partial charge in [0.25, 0.3) is 0 Å².